The first-order chi connectivity index (χ1) is 13.6. The van der Waals surface area contributed by atoms with Gasteiger partial charge >= 0.3 is 5.97 Å². The molecule has 1 heterocycles. The van der Waals surface area contributed by atoms with Crippen LogP contribution in [0.4, 0.5) is 0 Å². The molecular weight excluding hydrogens is 350 g/mol. The van der Waals surface area contributed by atoms with Crippen LogP contribution in [-0.4, -0.2) is 24.8 Å². The number of rotatable bonds is 5. The van der Waals surface area contributed by atoms with Crippen molar-refractivity contribution in [3.8, 4) is 5.75 Å². The summed E-state index contributed by atoms with van der Waals surface area (Å²) in [5.41, 5.74) is 4.33. The van der Waals surface area contributed by atoms with Crippen molar-refractivity contribution in [2.75, 3.05) is 14.2 Å². The van der Waals surface area contributed by atoms with Crippen LogP contribution in [0.25, 0.3) is 21.7 Å². The molecule has 142 valence electrons. The number of methoxy groups -OCH3 is 2. The third kappa shape index (κ3) is 3.01. The molecule has 4 nitrogen and oxygen atoms in total. The average Bonchev–Trinajstić information content (AvgIpc) is 2.99. The van der Waals surface area contributed by atoms with Crippen LogP contribution in [-0.2, 0) is 22.5 Å². The van der Waals surface area contributed by atoms with E-state index in [1.54, 1.807) is 7.11 Å². The second-order valence-corrected chi connectivity index (χ2v) is 6.89. The molecule has 0 saturated carbocycles. The van der Waals surface area contributed by atoms with E-state index in [1.165, 1.54) is 17.9 Å². The average molecular weight is 373 g/mol. The molecule has 0 spiro atoms. The van der Waals surface area contributed by atoms with Crippen LogP contribution in [0.5, 0.6) is 5.75 Å². The number of fused-ring (bicyclic) bond motifs is 2. The Morgan fingerprint density at radius 1 is 0.893 bits per heavy atom. The zero-order valence-electron chi connectivity index (χ0n) is 16.4. The number of ether oxygens (including phenoxy) is 2. The lowest BCUT2D eigenvalue weighted by atomic mass is 10.0. The molecule has 0 bridgehead atoms. The number of esters is 1. The molecule has 0 aliphatic rings. The number of aromatic nitrogens is 1. The van der Waals surface area contributed by atoms with Gasteiger partial charge in [-0.15, -0.1) is 0 Å². The molecule has 0 fully saturated rings. The van der Waals surface area contributed by atoms with E-state index in [-0.39, 0.29) is 12.4 Å². The molecule has 4 aromatic rings. The maximum atomic E-state index is 12.0. The van der Waals surface area contributed by atoms with Crippen molar-refractivity contribution in [3.63, 3.8) is 0 Å². The predicted octanol–water partition coefficient (Wildman–Crippen LogP) is 4.88. The quantitative estimate of drug-likeness (QED) is 0.468. The van der Waals surface area contributed by atoms with Gasteiger partial charge in [0.1, 0.15) is 5.75 Å². The van der Waals surface area contributed by atoms with Crippen molar-refractivity contribution < 1.29 is 14.3 Å². The van der Waals surface area contributed by atoms with Crippen molar-refractivity contribution in [1.82, 2.24) is 4.57 Å². The van der Waals surface area contributed by atoms with Gasteiger partial charge in [0.2, 0.25) is 0 Å². The van der Waals surface area contributed by atoms with Crippen LogP contribution in [0.3, 0.4) is 0 Å². The van der Waals surface area contributed by atoms with Gasteiger partial charge in [-0.05, 0) is 35.4 Å². The molecular formula is C24H23NO3. The molecule has 0 aliphatic carbocycles. The van der Waals surface area contributed by atoms with Crippen molar-refractivity contribution in [3.05, 3.63) is 77.5 Å². The molecule has 0 amide bonds. The highest BCUT2D eigenvalue weighted by Gasteiger charge is 2.18. The van der Waals surface area contributed by atoms with Crippen LogP contribution in [0, 0.1) is 6.92 Å². The van der Waals surface area contributed by atoms with E-state index in [0.717, 1.165) is 33.5 Å². The zero-order valence-corrected chi connectivity index (χ0v) is 16.4. The fraction of sp³-hybridized carbons (Fsp3) is 0.208. The highest BCUT2D eigenvalue weighted by molar-refractivity contribution is 5.91. The highest BCUT2D eigenvalue weighted by Crippen LogP contribution is 2.32. The molecule has 0 aliphatic heterocycles. The molecule has 28 heavy (non-hydrogen) atoms. The van der Waals surface area contributed by atoms with E-state index in [4.69, 9.17) is 9.47 Å². The number of nitrogens with zero attached hydrogens (tertiary/aromatic N) is 1. The minimum Gasteiger partial charge on any atom is -0.496 e. The third-order valence-corrected chi connectivity index (χ3v) is 5.44. The monoisotopic (exact) mass is 373 g/mol. The van der Waals surface area contributed by atoms with E-state index >= 15 is 0 Å². The van der Waals surface area contributed by atoms with E-state index in [0.29, 0.717) is 6.54 Å². The Hall–Kier alpha value is -3.27. The van der Waals surface area contributed by atoms with Gasteiger partial charge in [0.15, 0.2) is 0 Å². The Balaban J connectivity index is 1.91. The summed E-state index contributed by atoms with van der Waals surface area (Å²) in [6, 6.07) is 20.6. The Labute approximate surface area is 164 Å². The molecule has 1 aromatic heterocycles. The summed E-state index contributed by atoms with van der Waals surface area (Å²) in [4.78, 5) is 12.0. The standard InChI is InChI=1S/C24H23NO3/c1-16-20(14-24(26)28-3)19-10-6-7-11-22(19)25(16)15-21-18-9-5-4-8-17(18)12-13-23(21)27-2/h4-13H,14-15H2,1-3H3. The van der Waals surface area contributed by atoms with Crippen LogP contribution in [0.1, 0.15) is 16.8 Å². The summed E-state index contributed by atoms with van der Waals surface area (Å²) in [6.07, 6.45) is 0.266. The number of para-hydroxylation sites is 1. The number of carbonyl (C=O) groups is 1. The fourth-order valence-electron chi connectivity index (χ4n) is 3.97. The number of carbonyl (C=O) groups excluding carboxylic acids is 1. The van der Waals surface area contributed by atoms with Crippen LogP contribution in [0.15, 0.2) is 60.7 Å². The fourth-order valence-corrected chi connectivity index (χ4v) is 3.97. The van der Waals surface area contributed by atoms with Gasteiger partial charge in [-0.3, -0.25) is 4.79 Å². The lowest BCUT2D eigenvalue weighted by Gasteiger charge is -2.15. The van der Waals surface area contributed by atoms with Crippen molar-refractivity contribution in [2.24, 2.45) is 0 Å². The van der Waals surface area contributed by atoms with Crippen LogP contribution < -0.4 is 4.74 Å². The molecule has 4 rings (SSSR count). The Morgan fingerprint density at radius 2 is 1.61 bits per heavy atom. The third-order valence-electron chi connectivity index (χ3n) is 5.44. The molecule has 0 unspecified atom stereocenters. The highest BCUT2D eigenvalue weighted by atomic mass is 16.5. The summed E-state index contributed by atoms with van der Waals surface area (Å²) >= 11 is 0. The van der Waals surface area contributed by atoms with Gasteiger partial charge in [0.05, 0.1) is 27.2 Å². The van der Waals surface area contributed by atoms with Crippen molar-refractivity contribution in [1.29, 1.82) is 0 Å². The first-order valence-electron chi connectivity index (χ1n) is 9.32. The lowest BCUT2D eigenvalue weighted by molar-refractivity contribution is -0.139. The van der Waals surface area contributed by atoms with Gasteiger partial charge < -0.3 is 14.0 Å². The molecule has 0 saturated heterocycles. The largest absolute Gasteiger partial charge is 0.496 e. The minimum absolute atomic E-state index is 0.228. The van der Waals surface area contributed by atoms with Gasteiger partial charge in [-0.1, -0.05) is 48.5 Å². The first-order valence-corrected chi connectivity index (χ1v) is 9.32. The summed E-state index contributed by atoms with van der Waals surface area (Å²) in [6.45, 7) is 2.73. The first kappa shape index (κ1) is 18.1. The van der Waals surface area contributed by atoms with E-state index in [9.17, 15) is 4.79 Å². The minimum atomic E-state index is -0.228. The molecule has 4 heteroatoms. The van der Waals surface area contributed by atoms with Crippen molar-refractivity contribution >= 4 is 27.6 Å². The lowest BCUT2D eigenvalue weighted by Crippen LogP contribution is -2.08. The SMILES string of the molecule is COC(=O)Cc1c(C)n(Cc2c(OC)ccc3ccccc23)c2ccccc12. The van der Waals surface area contributed by atoms with Gasteiger partial charge in [-0.2, -0.15) is 0 Å². The Bertz CT molecular complexity index is 1170. The second-order valence-electron chi connectivity index (χ2n) is 6.89. The van der Waals surface area contributed by atoms with Crippen molar-refractivity contribution in [2.45, 2.75) is 19.9 Å². The smallest absolute Gasteiger partial charge is 0.310 e. The topological polar surface area (TPSA) is 40.5 Å². The second kappa shape index (κ2) is 7.39. The Kier molecular flexibility index (Phi) is 4.78. The number of benzene rings is 3. The number of hydrogen-bond donors (Lipinski definition) is 0. The summed E-state index contributed by atoms with van der Waals surface area (Å²) in [5.74, 6) is 0.638. The molecule has 0 N–H and O–H groups in total. The molecule has 0 radical (unpaired) electrons. The Morgan fingerprint density at radius 3 is 2.36 bits per heavy atom. The van der Waals surface area contributed by atoms with Gasteiger partial charge in [-0.25, -0.2) is 0 Å². The molecule has 0 atom stereocenters. The van der Waals surface area contributed by atoms with Crippen LogP contribution in [0.2, 0.25) is 0 Å². The number of hydrogen-bond acceptors (Lipinski definition) is 3. The van der Waals surface area contributed by atoms with E-state index in [2.05, 4.69) is 47.9 Å². The van der Waals surface area contributed by atoms with E-state index < -0.39 is 0 Å². The summed E-state index contributed by atoms with van der Waals surface area (Å²) < 4.78 is 12.9. The van der Waals surface area contributed by atoms with Crippen LogP contribution >= 0.6 is 0 Å². The van der Waals surface area contributed by atoms with Gasteiger partial charge in [0, 0.05) is 22.2 Å². The summed E-state index contributed by atoms with van der Waals surface area (Å²) in [5, 5.41) is 3.44. The maximum absolute atomic E-state index is 12.0. The maximum Gasteiger partial charge on any atom is 0.310 e. The van der Waals surface area contributed by atoms with Gasteiger partial charge in [0.25, 0.3) is 0 Å². The zero-order chi connectivity index (χ0) is 19.7. The predicted molar refractivity (Wildman–Crippen MR) is 112 cm³/mol. The summed E-state index contributed by atoms with van der Waals surface area (Å²) in [7, 11) is 3.13. The molecule has 3 aromatic carbocycles. The normalized spacial score (nSPS) is 11.1. The van der Waals surface area contributed by atoms with E-state index in [1.807, 2.05) is 24.3 Å².